The van der Waals surface area contributed by atoms with E-state index in [1.165, 1.54) is 0 Å². The summed E-state index contributed by atoms with van der Waals surface area (Å²) in [7, 11) is 0. The summed E-state index contributed by atoms with van der Waals surface area (Å²) in [5.74, 6) is 0.986. The zero-order valence-corrected chi connectivity index (χ0v) is 7.32. The summed E-state index contributed by atoms with van der Waals surface area (Å²) < 4.78 is 5.34. The van der Waals surface area contributed by atoms with Crippen LogP contribution in [0.2, 0.25) is 0 Å². The van der Waals surface area contributed by atoms with Gasteiger partial charge in [0.25, 0.3) is 0 Å². The molecule has 0 bridgehead atoms. The minimum atomic E-state index is 0.181. The summed E-state index contributed by atoms with van der Waals surface area (Å²) >= 11 is 1.05. The van der Waals surface area contributed by atoms with Crippen LogP contribution in [-0.4, -0.2) is 5.78 Å². The first-order valence-electron chi connectivity index (χ1n) is 3.84. The second kappa shape index (κ2) is 2.95. The number of carbonyl (C=O) groups excluding carboxylic acids is 1. The third-order valence-corrected chi connectivity index (χ3v) is 2.44. The van der Waals surface area contributed by atoms with Gasteiger partial charge >= 0.3 is 0 Å². The molecule has 2 rings (SSSR count). The SMILES string of the molecule is NSc1cc2c(o1)CCCC2=O. The molecule has 1 aliphatic rings. The molecule has 0 fully saturated rings. The molecule has 4 heteroatoms. The van der Waals surface area contributed by atoms with Crippen LogP contribution in [0.3, 0.4) is 0 Å². The average Bonchev–Trinajstić information content (AvgIpc) is 2.49. The molecule has 3 nitrogen and oxygen atoms in total. The third-order valence-electron chi connectivity index (χ3n) is 2.01. The average molecular weight is 183 g/mol. The summed E-state index contributed by atoms with van der Waals surface area (Å²) in [6.07, 6.45) is 2.40. The highest BCUT2D eigenvalue weighted by Crippen LogP contribution is 2.27. The molecule has 1 aliphatic carbocycles. The van der Waals surface area contributed by atoms with Gasteiger partial charge in [-0.2, -0.15) is 0 Å². The number of carbonyl (C=O) groups is 1. The fourth-order valence-electron chi connectivity index (χ4n) is 1.43. The number of hydrogen-bond acceptors (Lipinski definition) is 4. The molecule has 2 N–H and O–H groups in total. The highest BCUT2D eigenvalue weighted by molar-refractivity contribution is 7.96. The Hall–Kier alpha value is -0.740. The van der Waals surface area contributed by atoms with E-state index in [9.17, 15) is 4.79 Å². The molecule has 0 aliphatic heterocycles. The van der Waals surface area contributed by atoms with Crippen molar-refractivity contribution in [1.29, 1.82) is 0 Å². The number of Topliss-reactive ketones (excluding diaryl/α,β-unsaturated/α-hetero) is 1. The quantitative estimate of drug-likeness (QED) is 0.674. The van der Waals surface area contributed by atoms with Crippen LogP contribution in [0.1, 0.15) is 29.0 Å². The van der Waals surface area contributed by atoms with Crippen LogP contribution in [0, 0.1) is 0 Å². The molecule has 0 unspecified atom stereocenters. The predicted molar refractivity (Wildman–Crippen MR) is 46.0 cm³/mol. The number of fused-ring (bicyclic) bond motifs is 1. The molecule has 0 aromatic carbocycles. The highest BCUT2D eigenvalue weighted by Gasteiger charge is 2.21. The van der Waals surface area contributed by atoms with Gasteiger partial charge in [0.2, 0.25) is 0 Å². The smallest absolute Gasteiger partial charge is 0.175 e. The van der Waals surface area contributed by atoms with E-state index in [4.69, 9.17) is 9.56 Å². The van der Waals surface area contributed by atoms with E-state index >= 15 is 0 Å². The zero-order chi connectivity index (χ0) is 8.55. The van der Waals surface area contributed by atoms with Crippen molar-refractivity contribution in [3.63, 3.8) is 0 Å². The van der Waals surface area contributed by atoms with Gasteiger partial charge in [-0.15, -0.1) is 0 Å². The summed E-state index contributed by atoms with van der Waals surface area (Å²) in [6.45, 7) is 0. The Kier molecular flexibility index (Phi) is 1.94. The normalized spacial score (nSPS) is 16.2. The Morgan fingerprint density at radius 3 is 3.00 bits per heavy atom. The van der Waals surface area contributed by atoms with Crippen molar-refractivity contribution >= 4 is 17.7 Å². The zero-order valence-electron chi connectivity index (χ0n) is 6.50. The van der Waals surface area contributed by atoms with E-state index in [1.807, 2.05) is 0 Å². The van der Waals surface area contributed by atoms with E-state index in [0.29, 0.717) is 11.5 Å². The molecule has 0 radical (unpaired) electrons. The van der Waals surface area contributed by atoms with Crippen LogP contribution >= 0.6 is 11.9 Å². The van der Waals surface area contributed by atoms with Gasteiger partial charge in [-0.3, -0.25) is 9.93 Å². The first-order chi connectivity index (χ1) is 5.81. The predicted octanol–water partition coefficient (Wildman–Crippen LogP) is 1.76. The summed E-state index contributed by atoms with van der Waals surface area (Å²) in [4.78, 5) is 11.3. The lowest BCUT2D eigenvalue weighted by atomic mass is 9.98. The van der Waals surface area contributed by atoms with E-state index < -0.39 is 0 Å². The standard InChI is InChI=1S/C8H9NO2S/c9-12-8-4-5-6(10)2-1-3-7(5)11-8/h4H,1-3,9H2. The Morgan fingerprint density at radius 1 is 1.50 bits per heavy atom. The molecule has 0 atom stereocenters. The van der Waals surface area contributed by atoms with Crippen LogP contribution in [0.15, 0.2) is 15.6 Å². The monoisotopic (exact) mass is 183 g/mol. The third kappa shape index (κ3) is 1.17. The maximum atomic E-state index is 11.3. The molecular formula is C8H9NO2S. The van der Waals surface area contributed by atoms with Crippen molar-refractivity contribution in [3.8, 4) is 0 Å². The summed E-state index contributed by atoms with van der Waals surface area (Å²) in [6, 6.07) is 1.74. The molecule has 1 aromatic heterocycles. The molecule has 12 heavy (non-hydrogen) atoms. The van der Waals surface area contributed by atoms with E-state index in [0.717, 1.165) is 36.1 Å². The number of rotatable bonds is 1. The lowest BCUT2D eigenvalue weighted by Crippen LogP contribution is -2.07. The van der Waals surface area contributed by atoms with Crippen molar-refractivity contribution in [2.75, 3.05) is 0 Å². The number of furan rings is 1. The Balaban J connectivity index is 2.43. The molecule has 1 aromatic rings. The molecule has 64 valence electrons. The molecular weight excluding hydrogens is 174 g/mol. The van der Waals surface area contributed by atoms with Crippen molar-refractivity contribution in [2.24, 2.45) is 5.14 Å². The lowest BCUT2D eigenvalue weighted by molar-refractivity contribution is 0.0969. The second-order valence-electron chi connectivity index (χ2n) is 2.80. The molecule has 0 saturated carbocycles. The summed E-state index contributed by atoms with van der Waals surface area (Å²) in [5, 5.41) is 5.95. The molecule has 0 amide bonds. The Bertz CT molecular complexity index is 319. The Labute approximate surface area is 74.4 Å². The first-order valence-corrected chi connectivity index (χ1v) is 4.72. The van der Waals surface area contributed by atoms with Gasteiger partial charge in [-0.1, -0.05) is 0 Å². The minimum absolute atomic E-state index is 0.181. The fourth-order valence-corrected chi connectivity index (χ4v) is 1.76. The fraction of sp³-hybridized carbons (Fsp3) is 0.375. The largest absolute Gasteiger partial charge is 0.453 e. The summed E-state index contributed by atoms with van der Waals surface area (Å²) in [5.41, 5.74) is 0.731. The number of nitrogens with two attached hydrogens (primary N) is 1. The van der Waals surface area contributed by atoms with Crippen molar-refractivity contribution in [3.05, 3.63) is 17.4 Å². The van der Waals surface area contributed by atoms with Crippen molar-refractivity contribution in [2.45, 2.75) is 24.4 Å². The van der Waals surface area contributed by atoms with Gasteiger partial charge in [-0.05, 0) is 18.4 Å². The number of hydrogen-bond donors (Lipinski definition) is 1. The van der Waals surface area contributed by atoms with E-state index in [-0.39, 0.29) is 5.78 Å². The van der Waals surface area contributed by atoms with Crippen LogP contribution in [0.25, 0.3) is 0 Å². The topological polar surface area (TPSA) is 56.2 Å². The second-order valence-corrected chi connectivity index (χ2v) is 3.43. The lowest BCUT2D eigenvalue weighted by Gasteiger charge is -2.06. The van der Waals surface area contributed by atoms with Gasteiger partial charge in [0.1, 0.15) is 5.76 Å². The molecule has 0 saturated heterocycles. The van der Waals surface area contributed by atoms with Gasteiger partial charge in [0, 0.05) is 18.9 Å². The maximum Gasteiger partial charge on any atom is 0.175 e. The number of aryl methyl sites for hydroxylation is 1. The highest BCUT2D eigenvalue weighted by atomic mass is 32.2. The van der Waals surface area contributed by atoms with E-state index in [2.05, 4.69) is 0 Å². The van der Waals surface area contributed by atoms with Crippen molar-refractivity contribution in [1.82, 2.24) is 0 Å². The van der Waals surface area contributed by atoms with Crippen LogP contribution in [-0.2, 0) is 6.42 Å². The maximum absolute atomic E-state index is 11.3. The Morgan fingerprint density at radius 2 is 2.33 bits per heavy atom. The molecule has 0 spiro atoms. The first kappa shape index (κ1) is 7.89. The van der Waals surface area contributed by atoms with Gasteiger partial charge in [-0.25, -0.2) is 0 Å². The molecule has 1 heterocycles. The van der Waals surface area contributed by atoms with Crippen LogP contribution in [0.4, 0.5) is 0 Å². The van der Waals surface area contributed by atoms with Crippen LogP contribution < -0.4 is 5.14 Å². The number of ketones is 1. The van der Waals surface area contributed by atoms with Gasteiger partial charge < -0.3 is 4.42 Å². The van der Waals surface area contributed by atoms with Gasteiger partial charge in [0.05, 0.1) is 5.56 Å². The minimum Gasteiger partial charge on any atom is -0.453 e. The van der Waals surface area contributed by atoms with E-state index in [1.54, 1.807) is 6.07 Å². The van der Waals surface area contributed by atoms with Crippen LogP contribution in [0.5, 0.6) is 0 Å². The van der Waals surface area contributed by atoms with Gasteiger partial charge in [0.15, 0.2) is 10.9 Å². The van der Waals surface area contributed by atoms with Crippen molar-refractivity contribution < 1.29 is 9.21 Å².